The van der Waals surface area contributed by atoms with E-state index in [-0.39, 0.29) is 11.9 Å². The second kappa shape index (κ2) is 11.0. The number of carbonyl (C=O) groups excluding carboxylic acids is 1. The Balaban J connectivity index is 1.53. The normalized spacial score (nSPS) is 16.5. The number of nitrogens with one attached hydrogen (secondary N) is 1. The summed E-state index contributed by atoms with van der Waals surface area (Å²) in [6.07, 6.45) is 2.07. The molecule has 1 N–H and O–H groups in total. The number of benzene rings is 2. The molecule has 2 aromatic carbocycles. The standard InChI is InChI=1S/C23H29Cl2N3O/c1-27-12-14-28(15-13-27)17-22(19-7-3-2-4-8-19)26-23(29)9-5-6-18-10-11-20(24)21(25)16-18/h2-4,7-8,10-11,16,22H,5-6,9,12-15,17H2,1H3,(H,26,29). The Bertz CT molecular complexity index is 792. The Morgan fingerprint density at radius 2 is 1.76 bits per heavy atom. The Morgan fingerprint density at radius 1 is 1.03 bits per heavy atom. The molecule has 156 valence electrons. The van der Waals surface area contributed by atoms with Crippen molar-refractivity contribution in [3.8, 4) is 0 Å². The zero-order valence-corrected chi connectivity index (χ0v) is 18.4. The van der Waals surface area contributed by atoms with Crippen molar-refractivity contribution in [1.82, 2.24) is 15.1 Å². The van der Waals surface area contributed by atoms with Crippen LogP contribution in [0.15, 0.2) is 48.5 Å². The third-order valence-corrected chi connectivity index (χ3v) is 6.17. The predicted molar refractivity (Wildman–Crippen MR) is 121 cm³/mol. The van der Waals surface area contributed by atoms with Gasteiger partial charge in [0.1, 0.15) is 0 Å². The van der Waals surface area contributed by atoms with E-state index in [9.17, 15) is 4.79 Å². The molecule has 1 aliphatic rings. The summed E-state index contributed by atoms with van der Waals surface area (Å²) in [5, 5.41) is 4.38. The Labute approximate surface area is 183 Å². The van der Waals surface area contributed by atoms with Crippen LogP contribution in [0.5, 0.6) is 0 Å². The topological polar surface area (TPSA) is 35.6 Å². The fourth-order valence-electron chi connectivity index (χ4n) is 3.62. The molecule has 29 heavy (non-hydrogen) atoms. The van der Waals surface area contributed by atoms with Crippen molar-refractivity contribution < 1.29 is 4.79 Å². The van der Waals surface area contributed by atoms with E-state index in [1.807, 2.05) is 30.3 Å². The molecule has 0 spiro atoms. The molecule has 1 amide bonds. The SMILES string of the molecule is CN1CCN(CC(NC(=O)CCCc2ccc(Cl)c(Cl)c2)c2ccccc2)CC1. The van der Waals surface area contributed by atoms with Crippen LogP contribution in [0.3, 0.4) is 0 Å². The Morgan fingerprint density at radius 3 is 2.45 bits per heavy atom. The molecule has 1 atom stereocenters. The number of halogens is 2. The van der Waals surface area contributed by atoms with Crippen molar-refractivity contribution in [2.45, 2.75) is 25.3 Å². The van der Waals surface area contributed by atoms with E-state index in [1.54, 1.807) is 6.07 Å². The highest BCUT2D eigenvalue weighted by atomic mass is 35.5. The number of amides is 1. The first-order valence-electron chi connectivity index (χ1n) is 10.2. The minimum Gasteiger partial charge on any atom is -0.348 e. The number of hydrogen-bond acceptors (Lipinski definition) is 3. The largest absolute Gasteiger partial charge is 0.348 e. The van der Waals surface area contributed by atoms with Crippen molar-refractivity contribution in [3.63, 3.8) is 0 Å². The van der Waals surface area contributed by atoms with Crippen molar-refractivity contribution in [1.29, 1.82) is 0 Å². The summed E-state index contributed by atoms with van der Waals surface area (Å²) in [6, 6.07) is 15.9. The maximum Gasteiger partial charge on any atom is 0.220 e. The molecule has 1 fully saturated rings. The number of hydrogen-bond donors (Lipinski definition) is 1. The van der Waals surface area contributed by atoms with Gasteiger partial charge in [-0.3, -0.25) is 9.69 Å². The van der Waals surface area contributed by atoms with E-state index < -0.39 is 0 Å². The molecule has 4 nitrogen and oxygen atoms in total. The van der Waals surface area contributed by atoms with Crippen LogP contribution in [-0.2, 0) is 11.2 Å². The average Bonchev–Trinajstić information content (AvgIpc) is 2.72. The first-order valence-corrected chi connectivity index (χ1v) is 11.0. The molecule has 1 heterocycles. The third-order valence-electron chi connectivity index (χ3n) is 5.43. The third kappa shape index (κ3) is 7.00. The van der Waals surface area contributed by atoms with E-state index in [1.165, 1.54) is 0 Å². The maximum atomic E-state index is 12.6. The van der Waals surface area contributed by atoms with Crippen LogP contribution in [0.1, 0.15) is 30.0 Å². The number of likely N-dealkylation sites (N-methyl/N-ethyl adjacent to an activating group) is 1. The molecule has 0 bridgehead atoms. The summed E-state index contributed by atoms with van der Waals surface area (Å²) in [6.45, 7) is 5.05. The van der Waals surface area contributed by atoms with E-state index in [2.05, 4.69) is 34.3 Å². The molecule has 2 aromatic rings. The summed E-state index contributed by atoms with van der Waals surface area (Å²) in [7, 11) is 2.15. The minimum absolute atomic E-state index is 0.0112. The van der Waals surface area contributed by atoms with Crippen LogP contribution in [-0.4, -0.2) is 55.5 Å². The van der Waals surface area contributed by atoms with Gasteiger partial charge >= 0.3 is 0 Å². The molecule has 1 saturated heterocycles. The van der Waals surface area contributed by atoms with Crippen molar-refractivity contribution in [3.05, 3.63) is 69.7 Å². The molecule has 0 radical (unpaired) electrons. The molecule has 6 heteroatoms. The van der Waals surface area contributed by atoms with Crippen LogP contribution in [0.25, 0.3) is 0 Å². The van der Waals surface area contributed by atoms with Crippen molar-refractivity contribution in [2.24, 2.45) is 0 Å². The summed E-state index contributed by atoms with van der Waals surface area (Å²) in [4.78, 5) is 17.4. The van der Waals surface area contributed by atoms with Gasteiger partial charge < -0.3 is 10.2 Å². The molecule has 0 aromatic heterocycles. The predicted octanol–water partition coefficient (Wildman–Crippen LogP) is 4.42. The van der Waals surface area contributed by atoms with E-state index >= 15 is 0 Å². The van der Waals surface area contributed by atoms with Gasteiger partial charge in [0.05, 0.1) is 16.1 Å². The lowest BCUT2D eigenvalue weighted by molar-refractivity contribution is -0.122. The number of piperazine rings is 1. The zero-order chi connectivity index (χ0) is 20.6. The molecule has 1 unspecified atom stereocenters. The fraction of sp³-hybridized carbons (Fsp3) is 0.435. The highest BCUT2D eigenvalue weighted by Crippen LogP contribution is 2.23. The first kappa shape index (κ1) is 22.1. The number of nitrogens with zero attached hydrogens (tertiary/aromatic N) is 2. The second-order valence-corrected chi connectivity index (χ2v) is 8.55. The van der Waals surface area contributed by atoms with E-state index in [0.717, 1.165) is 56.7 Å². The van der Waals surface area contributed by atoms with Crippen LogP contribution in [0, 0.1) is 0 Å². The van der Waals surface area contributed by atoms with Crippen LogP contribution in [0.2, 0.25) is 10.0 Å². The van der Waals surface area contributed by atoms with Gasteiger partial charge in [0, 0.05) is 39.1 Å². The van der Waals surface area contributed by atoms with Crippen LogP contribution < -0.4 is 5.32 Å². The first-order chi connectivity index (χ1) is 14.0. The number of rotatable bonds is 8. The summed E-state index contributed by atoms with van der Waals surface area (Å²) in [5.41, 5.74) is 2.26. The highest BCUT2D eigenvalue weighted by Gasteiger charge is 2.21. The van der Waals surface area contributed by atoms with Gasteiger partial charge in [-0.05, 0) is 43.1 Å². The maximum absolute atomic E-state index is 12.6. The van der Waals surface area contributed by atoms with E-state index in [4.69, 9.17) is 23.2 Å². The van der Waals surface area contributed by atoms with Crippen molar-refractivity contribution >= 4 is 29.1 Å². The smallest absolute Gasteiger partial charge is 0.220 e. The summed E-state index contributed by atoms with van der Waals surface area (Å²) in [5.74, 6) is 0.0908. The lowest BCUT2D eigenvalue weighted by Crippen LogP contribution is -2.47. The summed E-state index contributed by atoms with van der Waals surface area (Å²) >= 11 is 12.0. The number of carbonyl (C=O) groups is 1. The van der Waals surface area contributed by atoms with Gasteiger partial charge in [-0.15, -0.1) is 0 Å². The second-order valence-electron chi connectivity index (χ2n) is 7.74. The Hall–Kier alpha value is -1.59. The average molecular weight is 434 g/mol. The van der Waals surface area contributed by atoms with Gasteiger partial charge in [-0.1, -0.05) is 59.6 Å². The zero-order valence-electron chi connectivity index (χ0n) is 16.9. The fourth-order valence-corrected chi connectivity index (χ4v) is 3.94. The van der Waals surface area contributed by atoms with E-state index in [0.29, 0.717) is 16.5 Å². The van der Waals surface area contributed by atoms with Gasteiger partial charge in [0.25, 0.3) is 0 Å². The molecular weight excluding hydrogens is 405 g/mol. The molecule has 0 aliphatic carbocycles. The highest BCUT2D eigenvalue weighted by molar-refractivity contribution is 6.42. The van der Waals surface area contributed by atoms with Gasteiger partial charge in [-0.2, -0.15) is 0 Å². The minimum atomic E-state index is 0.0112. The van der Waals surface area contributed by atoms with Gasteiger partial charge in [0.2, 0.25) is 5.91 Å². The number of aryl methyl sites for hydroxylation is 1. The van der Waals surface area contributed by atoms with Crippen LogP contribution in [0.4, 0.5) is 0 Å². The molecule has 1 aliphatic heterocycles. The quantitative estimate of drug-likeness (QED) is 0.668. The monoisotopic (exact) mass is 433 g/mol. The molecule has 0 saturated carbocycles. The summed E-state index contributed by atoms with van der Waals surface area (Å²) < 4.78 is 0. The van der Waals surface area contributed by atoms with Crippen LogP contribution >= 0.6 is 23.2 Å². The Kier molecular flexibility index (Phi) is 8.37. The molecule has 3 rings (SSSR count). The molecular formula is C23H29Cl2N3O. The lowest BCUT2D eigenvalue weighted by atomic mass is 10.0. The van der Waals surface area contributed by atoms with Crippen molar-refractivity contribution in [2.75, 3.05) is 39.8 Å². The lowest BCUT2D eigenvalue weighted by Gasteiger charge is -2.35. The van der Waals surface area contributed by atoms with Gasteiger partial charge in [0.15, 0.2) is 0 Å². The van der Waals surface area contributed by atoms with Gasteiger partial charge in [-0.25, -0.2) is 0 Å².